The van der Waals surface area contributed by atoms with E-state index in [0.29, 0.717) is 5.91 Å². The highest BCUT2D eigenvalue weighted by molar-refractivity contribution is 7.11. The highest BCUT2D eigenvalue weighted by Gasteiger charge is 2.43. The van der Waals surface area contributed by atoms with Crippen LogP contribution in [0.4, 0.5) is 0 Å². The average Bonchev–Trinajstić information content (AvgIpc) is 2.97. The summed E-state index contributed by atoms with van der Waals surface area (Å²) in [7, 11) is 0. The van der Waals surface area contributed by atoms with E-state index in [9.17, 15) is 4.79 Å². The minimum absolute atomic E-state index is 0.271. The van der Waals surface area contributed by atoms with Gasteiger partial charge in [-0.1, -0.05) is 6.92 Å². The van der Waals surface area contributed by atoms with Crippen LogP contribution in [0.2, 0.25) is 0 Å². The number of carbonyl (C=O) groups is 1. The van der Waals surface area contributed by atoms with Gasteiger partial charge in [0.2, 0.25) is 5.91 Å². The van der Waals surface area contributed by atoms with Gasteiger partial charge in [0, 0.05) is 22.7 Å². The van der Waals surface area contributed by atoms with E-state index in [4.69, 9.17) is 0 Å². The molecule has 0 aliphatic carbocycles. The summed E-state index contributed by atoms with van der Waals surface area (Å²) in [5.41, 5.74) is 0.271. The maximum Gasteiger partial charge on any atom is 0.223 e. The van der Waals surface area contributed by atoms with E-state index in [2.05, 4.69) is 29.3 Å². The van der Waals surface area contributed by atoms with Crippen molar-refractivity contribution in [3.05, 3.63) is 21.9 Å². The summed E-state index contributed by atoms with van der Waals surface area (Å²) in [6.45, 7) is 6.10. The molecule has 3 nitrogen and oxygen atoms in total. The second-order valence-electron chi connectivity index (χ2n) is 5.90. The van der Waals surface area contributed by atoms with Gasteiger partial charge in [0.1, 0.15) is 0 Å². The third-order valence-corrected chi connectivity index (χ3v) is 5.70. The van der Waals surface area contributed by atoms with Gasteiger partial charge < -0.3 is 10.2 Å². The van der Waals surface area contributed by atoms with Crippen LogP contribution < -0.4 is 5.32 Å². The number of rotatable bonds is 3. The summed E-state index contributed by atoms with van der Waals surface area (Å²) in [6, 6.07) is 4.38. The molecule has 1 amide bonds. The second kappa shape index (κ2) is 5.25. The van der Waals surface area contributed by atoms with Crippen molar-refractivity contribution in [3.63, 3.8) is 0 Å². The van der Waals surface area contributed by atoms with Gasteiger partial charge in [-0.25, -0.2) is 0 Å². The summed E-state index contributed by atoms with van der Waals surface area (Å²) < 4.78 is 0. The monoisotopic (exact) mass is 278 g/mol. The van der Waals surface area contributed by atoms with Crippen molar-refractivity contribution < 1.29 is 4.79 Å². The van der Waals surface area contributed by atoms with E-state index >= 15 is 0 Å². The van der Waals surface area contributed by atoms with E-state index in [1.54, 1.807) is 0 Å². The molecule has 19 heavy (non-hydrogen) atoms. The first kappa shape index (κ1) is 13.1. The highest BCUT2D eigenvalue weighted by Crippen LogP contribution is 2.40. The van der Waals surface area contributed by atoms with E-state index in [0.717, 1.165) is 51.9 Å². The molecule has 2 aliphatic heterocycles. The lowest BCUT2D eigenvalue weighted by Crippen LogP contribution is -2.38. The van der Waals surface area contributed by atoms with Crippen molar-refractivity contribution in [1.82, 2.24) is 10.2 Å². The van der Waals surface area contributed by atoms with Crippen molar-refractivity contribution >= 4 is 17.2 Å². The molecule has 0 atom stereocenters. The SMILES string of the molecule is CCc1ccc(CN2CC3(CCNCC3)CC2=O)s1. The standard InChI is InChI=1S/C15H22N2OS/c1-2-12-3-4-13(19-12)10-17-11-15(9-14(17)18)5-7-16-8-6-15/h3-4,16H,2,5-11H2,1H3. The molecule has 3 heterocycles. The number of likely N-dealkylation sites (tertiary alicyclic amines) is 1. The zero-order valence-corrected chi connectivity index (χ0v) is 12.4. The first-order chi connectivity index (χ1) is 9.21. The summed E-state index contributed by atoms with van der Waals surface area (Å²) in [5.74, 6) is 0.355. The first-order valence-corrected chi connectivity index (χ1v) is 8.08. The van der Waals surface area contributed by atoms with Gasteiger partial charge in [-0.15, -0.1) is 11.3 Å². The molecule has 1 aromatic heterocycles. The lowest BCUT2D eigenvalue weighted by Gasteiger charge is -2.33. The van der Waals surface area contributed by atoms with Crippen LogP contribution >= 0.6 is 11.3 Å². The number of amides is 1. The Morgan fingerprint density at radius 3 is 2.74 bits per heavy atom. The topological polar surface area (TPSA) is 32.3 Å². The molecule has 1 N–H and O–H groups in total. The quantitative estimate of drug-likeness (QED) is 0.921. The number of piperidine rings is 1. The molecule has 0 bridgehead atoms. The van der Waals surface area contributed by atoms with Crippen LogP contribution in [-0.2, 0) is 17.8 Å². The van der Waals surface area contributed by atoms with Crippen LogP contribution in [0.5, 0.6) is 0 Å². The summed E-state index contributed by atoms with van der Waals surface area (Å²) in [5, 5.41) is 3.40. The normalized spacial score (nSPS) is 22.4. The van der Waals surface area contributed by atoms with Gasteiger partial charge in [-0.2, -0.15) is 0 Å². The highest BCUT2D eigenvalue weighted by atomic mass is 32.1. The molecular weight excluding hydrogens is 256 g/mol. The maximum atomic E-state index is 12.2. The number of carbonyl (C=O) groups excluding carboxylic acids is 1. The molecule has 2 saturated heterocycles. The van der Waals surface area contributed by atoms with E-state index in [1.807, 2.05) is 11.3 Å². The minimum Gasteiger partial charge on any atom is -0.337 e. The van der Waals surface area contributed by atoms with Crippen molar-refractivity contribution in [3.8, 4) is 0 Å². The van der Waals surface area contributed by atoms with Gasteiger partial charge in [0.05, 0.1) is 6.54 Å². The number of nitrogens with one attached hydrogen (secondary N) is 1. The fourth-order valence-electron chi connectivity index (χ4n) is 3.30. The molecule has 1 spiro atoms. The molecule has 3 rings (SSSR count). The molecule has 2 fully saturated rings. The number of aryl methyl sites for hydroxylation is 1. The number of nitrogens with zero attached hydrogens (tertiary/aromatic N) is 1. The number of hydrogen-bond acceptors (Lipinski definition) is 3. The third-order valence-electron chi connectivity index (χ3n) is 4.48. The van der Waals surface area contributed by atoms with Gasteiger partial charge in [-0.3, -0.25) is 4.79 Å². The Kier molecular flexibility index (Phi) is 3.63. The van der Waals surface area contributed by atoms with E-state index in [1.165, 1.54) is 9.75 Å². The van der Waals surface area contributed by atoms with Gasteiger partial charge in [-0.05, 0) is 49.9 Å². The Morgan fingerprint density at radius 2 is 2.05 bits per heavy atom. The van der Waals surface area contributed by atoms with E-state index < -0.39 is 0 Å². The molecule has 104 valence electrons. The summed E-state index contributed by atoms with van der Waals surface area (Å²) >= 11 is 1.85. The molecule has 2 aliphatic rings. The molecule has 4 heteroatoms. The van der Waals surface area contributed by atoms with Gasteiger partial charge in [0.25, 0.3) is 0 Å². The smallest absolute Gasteiger partial charge is 0.223 e. The molecule has 1 aromatic rings. The van der Waals surface area contributed by atoms with Crippen LogP contribution in [0.25, 0.3) is 0 Å². The van der Waals surface area contributed by atoms with Crippen molar-refractivity contribution in [2.24, 2.45) is 5.41 Å². The molecular formula is C15H22N2OS. The largest absolute Gasteiger partial charge is 0.337 e. The van der Waals surface area contributed by atoms with Crippen LogP contribution in [0.3, 0.4) is 0 Å². The third kappa shape index (κ3) is 2.70. The zero-order valence-electron chi connectivity index (χ0n) is 11.6. The van der Waals surface area contributed by atoms with Crippen LogP contribution in [0, 0.1) is 5.41 Å². The lowest BCUT2D eigenvalue weighted by atomic mass is 9.78. The summed E-state index contributed by atoms with van der Waals surface area (Å²) in [4.78, 5) is 17.1. The Morgan fingerprint density at radius 1 is 1.32 bits per heavy atom. The predicted molar refractivity (Wildman–Crippen MR) is 78.3 cm³/mol. The van der Waals surface area contributed by atoms with Crippen LogP contribution in [-0.4, -0.2) is 30.4 Å². The van der Waals surface area contributed by atoms with Crippen LogP contribution in [0.15, 0.2) is 12.1 Å². The molecule has 0 aromatic carbocycles. The zero-order chi connectivity index (χ0) is 13.3. The molecule has 0 unspecified atom stereocenters. The minimum atomic E-state index is 0.271. The fraction of sp³-hybridized carbons (Fsp3) is 0.667. The van der Waals surface area contributed by atoms with Crippen molar-refractivity contribution in [2.75, 3.05) is 19.6 Å². The Bertz CT molecular complexity index is 462. The fourth-order valence-corrected chi connectivity index (χ4v) is 4.28. The predicted octanol–water partition coefficient (Wildman–Crippen LogP) is 2.41. The molecule has 0 radical (unpaired) electrons. The Balaban J connectivity index is 1.66. The lowest BCUT2D eigenvalue weighted by molar-refractivity contribution is -0.128. The van der Waals surface area contributed by atoms with E-state index in [-0.39, 0.29) is 5.41 Å². The Labute approximate surface area is 119 Å². The maximum absolute atomic E-state index is 12.2. The van der Waals surface area contributed by atoms with Gasteiger partial charge in [0.15, 0.2) is 0 Å². The van der Waals surface area contributed by atoms with Gasteiger partial charge >= 0.3 is 0 Å². The van der Waals surface area contributed by atoms with Crippen molar-refractivity contribution in [2.45, 2.75) is 39.2 Å². The molecule has 0 saturated carbocycles. The van der Waals surface area contributed by atoms with Crippen molar-refractivity contribution in [1.29, 1.82) is 0 Å². The Hall–Kier alpha value is -0.870. The second-order valence-corrected chi connectivity index (χ2v) is 7.15. The first-order valence-electron chi connectivity index (χ1n) is 7.27. The van der Waals surface area contributed by atoms with Crippen LogP contribution in [0.1, 0.15) is 35.9 Å². The summed E-state index contributed by atoms with van der Waals surface area (Å²) in [6.07, 6.45) is 4.16. The number of hydrogen-bond donors (Lipinski definition) is 1. The number of thiophene rings is 1. The average molecular weight is 278 g/mol.